The summed E-state index contributed by atoms with van der Waals surface area (Å²) in [4.78, 5) is 0. The molecule has 0 nitrogen and oxygen atoms in total. The molecule has 5 heavy (non-hydrogen) atoms. The molecule has 0 saturated heterocycles. The third kappa shape index (κ3) is 11.3. The van der Waals surface area contributed by atoms with E-state index in [-0.39, 0.29) is 26.6 Å². The maximum atomic E-state index is 3.80. The summed E-state index contributed by atoms with van der Waals surface area (Å²) in [6.45, 7) is 3.40. The molecule has 0 aliphatic heterocycles. The summed E-state index contributed by atoms with van der Waals surface area (Å²) in [5, 5.41) is 0. The molecule has 0 aliphatic carbocycles. The second kappa shape index (κ2) is 8.88. The summed E-state index contributed by atoms with van der Waals surface area (Å²) in [7, 11) is 0. The van der Waals surface area contributed by atoms with Crippen LogP contribution in [0.1, 0.15) is 0 Å². The van der Waals surface area contributed by atoms with Crippen molar-refractivity contribution < 1.29 is 0 Å². The van der Waals surface area contributed by atoms with Gasteiger partial charge in [-0.3, -0.25) is 0 Å². The van der Waals surface area contributed by atoms with Crippen LogP contribution in [0.5, 0.6) is 0 Å². The van der Waals surface area contributed by atoms with Crippen molar-refractivity contribution in [2.45, 2.75) is 0 Å². The predicted octanol–water partition coefficient (Wildman–Crippen LogP) is 0.186. The van der Waals surface area contributed by atoms with Crippen molar-refractivity contribution in [3.05, 3.63) is 12.7 Å². The third-order valence-corrected chi connectivity index (χ3v) is 0.387. The molecule has 0 amide bonds. The molecule has 0 aliphatic rings. The van der Waals surface area contributed by atoms with Crippen LogP contribution < -0.4 is 0 Å². The molecule has 0 bridgehead atoms. The van der Waals surface area contributed by atoms with Crippen molar-refractivity contribution >= 4 is 39.2 Å². The van der Waals surface area contributed by atoms with Gasteiger partial charge in [-0.05, 0) is 0 Å². The molecule has 0 atom stereocenters. The molecule has 0 unspecified atom stereocenters. The minimum atomic E-state index is 0. The van der Waals surface area contributed by atoms with E-state index in [2.05, 4.69) is 19.2 Å². The van der Waals surface area contributed by atoms with E-state index < -0.39 is 0 Å². The zero-order valence-electron chi connectivity index (χ0n) is 2.94. The van der Waals surface area contributed by atoms with Gasteiger partial charge in [0.05, 0.1) is 0 Å². The average molecular weight is 285 g/mol. The Morgan fingerprint density at radius 2 is 2.00 bits per heavy atom. The summed E-state index contributed by atoms with van der Waals surface area (Å²) >= 11 is 3.80. The Morgan fingerprint density at radius 1 is 1.80 bits per heavy atom. The van der Waals surface area contributed by atoms with Crippen LogP contribution in [0, 0.1) is 0 Å². The zero-order valence-corrected chi connectivity index (χ0v) is 7.72. The minimum absolute atomic E-state index is 0. The fraction of sp³-hybridized carbons (Fsp3) is 0.333. The second-order valence-corrected chi connectivity index (χ2v) is 0.836. The van der Waals surface area contributed by atoms with Crippen LogP contribution in [0.2, 0.25) is 0 Å². The van der Waals surface area contributed by atoms with Gasteiger partial charge in [0.25, 0.3) is 0 Å². The molecule has 0 aromatic carbocycles. The molecule has 0 spiro atoms. The Hall–Kier alpha value is 0.986. The van der Waals surface area contributed by atoms with Gasteiger partial charge in [0.15, 0.2) is 0 Å². The SMILES string of the molecule is C=CCS.[PoH2]. The van der Waals surface area contributed by atoms with Gasteiger partial charge in [-0.1, -0.05) is 6.08 Å². The summed E-state index contributed by atoms with van der Waals surface area (Å²) in [5.74, 6) is 0.778. The van der Waals surface area contributed by atoms with E-state index in [1.165, 1.54) is 0 Å². The molecule has 0 saturated carbocycles. The summed E-state index contributed by atoms with van der Waals surface area (Å²) in [5.41, 5.74) is 0. The third-order valence-electron chi connectivity index (χ3n) is 0.129. The van der Waals surface area contributed by atoms with Gasteiger partial charge < -0.3 is 0 Å². The molecule has 0 radical (unpaired) electrons. The average Bonchev–Trinajstić information content (AvgIpc) is 1.37. The van der Waals surface area contributed by atoms with E-state index >= 15 is 0 Å². The molecule has 32 valence electrons. The zero-order chi connectivity index (χ0) is 3.41. The van der Waals surface area contributed by atoms with Crippen molar-refractivity contribution in [2.24, 2.45) is 0 Å². The van der Waals surface area contributed by atoms with Gasteiger partial charge in [0, 0.05) is 5.75 Å². The predicted molar refractivity (Wildman–Crippen MR) is 32.6 cm³/mol. The van der Waals surface area contributed by atoms with Gasteiger partial charge in [-0.15, -0.1) is 6.58 Å². The van der Waals surface area contributed by atoms with Crippen molar-refractivity contribution in [1.82, 2.24) is 0 Å². The van der Waals surface area contributed by atoms with E-state index in [1.54, 1.807) is 6.08 Å². The Labute approximate surface area is 57.5 Å². The van der Waals surface area contributed by atoms with Gasteiger partial charge in [-0.25, -0.2) is 0 Å². The van der Waals surface area contributed by atoms with E-state index in [4.69, 9.17) is 0 Å². The first kappa shape index (κ1) is 9.37. The van der Waals surface area contributed by atoms with Gasteiger partial charge >= 0.3 is 26.6 Å². The van der Waals surface area contributed by atoms with Crippen LogP contribution in [-0.4, -0.2) is 32.3 Å². The van der Waals surface area contributed by atoms with E-state index in [1.807, 2.05) is 0 Å². The van der Waals surface area contributed by atoms with Crippen molar-refractivity contribution in [3.63, 3.8) is 0 Å². The van der Waals surface area contributed by atoms with Crippen LogP contribution in [0.3, 0.4) is 0 Å². The Balaban J connectivity index is 0. The van der Waals surface area contributed by atoms with Crippen molar-refractivity contribution in [2.75, 3.05) is 5.75 Å². The maximum absolute atomic E-state index is 3.80. The van der Waals surface area contributed by atoms with Crippen LogP contribution in [0.15, 0.2) is 12.7 Å². The van der Waals surface area contributed by atoms with Gasteiger partial charge in [-0.2, -0.15) is 12.6 Å². The van der Waals surface area contributed by atoms with E-state index in [0.29, 0.717) is 0 Å². The first-order chi connectivity index (χ1) is 1.91. The Morgan fingerprint density at radius 3 is 2.00 bits per heavy atom. The number of rotatable bonds is 1. The van der Waals surface area contributed by atoms with Crippen LogP contribution in [-0.2, 0) is 0 Å². The van der Waals surface area contributed by atoms with Crippen LogP contribution in [0.25, 0.3) is 0 Å². The molecular formula is C3H8PoS. The second-order valence-electron chi connectivity index (χ2n) is 0.471. The monoisotopic (exact) mass is 285 g/mol. The molecule has 0 aromatic rings. The van der Waals surface area contributed by atoms with Gasteiger partial charge in [0.2, 0.25) is 0 Å². The Bertz CT molecular complexity index is 20.9. The standard InChI is InChI=1S/C3H6S.Po.2H/c1-2-3-4;;;/h2,4H,1,3H2;;;. The molecule has 0 fully saturated rings. The quantitative estimate of drug-likeness (QED) is 0.516. The molecule has 0 heterocycles. The Kier molecular flexibility index (Phi) is 16.6. The fourth-order valence-corrected chi connectivity index (χ4v) is 0. The summed E-state index contributed by atoms with van der Waals surface area (Å²) in [6.07, 6.45) is 1.74. The number of hydrogen-bond acceptors (Lipinski definition) is 1. The molecule has 0 aromatic heterocycles. The molecule has 0 rings (SSSR count). The van der Waals surface area contributed by atoms with Crippen molar-refractivity contribution in [1.29, 1.82) is 0 Å². The topological polar surface area (TPSA) is 0 Å². The first-order valence-electron chi connectivity index (χ1n) is 1.13. The van der Waals surface area contributed by atoms with E-state index in [9.17, 15) is 0 Å². The fourth-order valence-electron chi connectivity index (χ4n) is 0. The van der Waals surface area contributed by atoms with Crippen molar-refractivity contribution in [3.8, 4) is 0 Å². The van der Waals surface area contributed by atoms with Gasteiger partial charge in [0.1, 0.15) is 0 Å². The molecular weight excluding hydrogens is 277 g/mol. The van der Waals surface area contributed by atoms with E-state index in [0.717, 1.165) is 5.75 Å². The molecule has 0 N–H and O–H groups in total. The summed E-state index contributed by atoms with van der Waals surface area (Å²) in [6, 6.07) is 0. The normalized spacial score (nSPS) is 5.00. The van der Waals surface area contributed by atoms with Crippen LogP contribution in [0.4, 0.5) is 0 Å². The number of thiol groups is 1. The van der Waals surface area contributed by atoms with Crippen LogP contribution >= 0.6 is 12.6 Å². The number of hydrogen-bond donors (Lipinski definition) is 1. The first-order valence-corrected chi connectivity index (χ1v) is 1.77. The summed E-state index contributed by atoms with van der Waals surface area (Å²) < 4.78 is 0. The molecule has 2 heteroatoms.